The number of unbranched alkanes of at least 4 members (excludes halogenated alkanes) is 1. The van der Waals surface area contributed by atoms with Gasteiger partial charge in [-0.3, -0.25) is 15.1 Å². The lowest BCUT2D eigenvalue weighted by Gasteiger charge is -2.23. The average Bonchev–Trinajstić information content (AvgIpc) is 2.84. The molecular formula is C24H37ClN8O2. The normalized spacial score (nSPS) is 14.7. The molecule has 0 fully saturated rings. The van der Waals surface area contributed by atoms with E-state index in [0.717, 1.165) is 44.3 Å². The number of benzene rings is 1. The van der Waals surface area contributed by atoms with E-state index in [1.54, 1.807) is 0 Å². The second-order valence-corrected chi connectivity index (χ2v) is 8.67. The summed E-state index contributed by atoms with van der Waals surface area (Å²) in [6.07, 6.45) is 8.12. The standard InChI is InChI=1S/C24H37ClN8O2/c1-15(21(28)32-22(29)20(25)27)23(34)33-24(30)31-13-5-4-7-16-10-11-19(35-14-6-12-26)18-9-3-2-8-17(16)18/h10-11H,1-9,12-14,26-27,29H2,(H2,28,32)(H3,30,31,33,34)/b22-20-. The Morgan fingerprint density at radius 3 is 2.49 bits per heavy atom. The lowest BCUT2D eigenvalue weighted by molar-refractivity contribution is -0.115. The number of fused-ring (bicyclic) bond motifs is 1. The highest BCUT2D eigenvalue weighted by Crippen LogP contribution is 2.33. The minimum Gasteiger partial charge on any atom is -0.493 e. The van der Waals surface area contributed by atoms with E-state index >= 15 is 0 Å². The number of carbonyl (C=O) groups is 1. The molecule has 0 spiro atoms. The fraction of sp³-hybridized carbons (Fsp3) is 0.458. The summed E-state index contributed by atoms with van der Waals surface area (Å²) < 4.78 is 5.97. The van der Waals surface area contributed by atoms with Crippen LogP contribution in [0.1, 0.15) is 48.8 Å². The molecule has 11 N–H and O–H groups in total. The number of nitrogens with zero attached hydrogens (tertiary/aromatic N) is 2. The molecule has 1 aliphatic rings. The molecule has 192 valence electrons. The zero-order chi connectivity index (χ0) is 25.8. The van der Waals surface area contributed by atoms with Gasteiger partial charge in [-0.15, -0.1) is 0 Å². The maximum atomic E-state index is 12.2. The zero-order valence-electron chi connectivity index (χ0n) is 20.1. The van der Waals surface area contributed by atoms with Crippen molar-refractivity contribution in [3.8, 4) is 5.75 Å². The second kappa shape index (κ2) is 14.2. The van der Waals surface area contributed by atoms with Gasteiger partial charge >= 0.3 is 0 Å². The number of rotatable bonds is 12. The van der Waals surface area contributed by atoms with Gasteiger partial charge in [-0.25, -0.2) is 4.99 Å². The van der Waals surface area contributed by atoms with E-state index in [1.165, 1.54) is 29.5 Å². The predicted molar refractivity (Wildman–Crippen MR) is 142 cm³/mol. The molecule has 1 aromatic rings. The molecule has 10 nitrogen and oxygen atoms in total. The average molecular weight is 505 g/mol. The molecule has 0 bridgehead atoms. The molecular weight excluding hydrogens is 468 g/mol. The van der Waals surface area contributed by atoms with Crippen LogP contribution in [0, 0.1) is 0 Å². The summed E-state index contributed by atoms with van der Waals surface area (Å²) in [4.78, 5) is 20.1. The van der Waals surface area contributed by atoms with E-state index in [1.807, 2.05) is 0 Å². The molecule has 0 radical (unpaired) electrons. The van der Waals surface area contributed by atoms with Gasteiger partial charge in [0.25, 0.3) is 5.91 Å². The Kier molecular flexibility index (Phi) is 11.4. The number of amidine groups is 1. The van der Waals surface area contributed by atoms with E-state index in [2.05, 4.69) is 34.0 Å². The van der Waals surface area contributed by atoms with Gasteiger partial charge in [-0.05, 0) is 80.7 Å². The van der Waals surface area contributed by atoms with E-state index in [0.29, 0.717) is 19.7 Å². The van der Waals surface area contributed by atoms with Crippen molar-refractivity contribution in [2.45, 2.75) is 51.4 Å². The molecule has 0 aromatic heterocycles. The molecule has 0 aliphatic heterocycles. The van der Waals surface area contributed by atoms with Crippen LogP contribution in [0.3, 0.4) is 0 Å². The third-order valence-electron chi connectivity index (χ3n) is 5.64. The fourth-order valence-corrected chi connectivity index (χ4v) is 3.81. The van der Waals surface area contributed by atoms with Crippen LogP contribution in [-0.4, -0.2) is 37.4 Å². The fourth-order valence-electron chi connectivity index (χ4n) is 3.77. The molecule has 0 saturated carbocycles. The maximum absolute atomic E-state index is 12.2. The molecule has 0 atom stereocenters. The van der Waals surface area contributed by atoms with Crippen molar-refractivity contribution in [2.75, 3.05) is 19.7 Å². The number of carbonyl (C=O) groups excluding carboxylic acids is 1. The van der Waals surface area contributed by atoms with Gasteiger partial charge in [0.2, 0.25) is 0 Å². The van der Waals surface area contributed by atoms with Gasteiger partial charge in [0.1, 0.15) is 16.7 Å². The van der Waals surface area contributed by atoms with Crippen LogP contribution in [0.2, 0.25) is 0 Å². The third-order valence-corrected chi connectivity index (χ3v) is 5.84. The number of amides is 1. The van der Waals surface area contributed by atoms with Gasteiger partial charge in [0.15, 0.2) is 11.8 Å². The van der Waals surface area contributed by atoms with Crippen LogP contribution in [-0.2, 0) is 24.1 Å². The maximum Gasteiger partial charge on any atom is 0.261 e. The van der Waals surface area contributed by atoms with Crippen molar-refractivity contribution in [3.63, 3.8) is 0 Å². The van der Waals surface area contributed by atoms with Crippen molar-refractivity contribution < 1.29 is 9.53 Å². The van der Waals surface area contributed by atoms with Crippen molar-refractivity contribution in [2.24, 2.45) is 38.7 Å². The lowest BCUT2D eigenvalue weighted by atomic mass is 9.86. The van der Waals surface area contributed by atoms with Gasteiger partial charge in [-0.1, -0.05) is 24.2 Å². The number of guanidine groups is 1. The summed E-state index contributed by atoms with van der Waals surface area (Å²) in [6.45, 7) is 5.33. The van der Waals surface area contributed by atoms with Gasteiger partial charge < -0.3 is 33.4 Å². The summed E-state index contributed by atoms with van der Waals surface area (Å²) in [6, 6.07) is 4.27. The van der Waals surface area contributed by atoms with Crippen LogP contribution >= 0.6 is 11.6 Å². The first-order valence-electron chi connectivity index (χ1n) is 11.8. The summed E-state index contributed by atoms with van der Waals surface area (Å²) in [5, 5.41) is 2.18. The highest BCUT2D eigenvalue weighted by Gasteiger charge is 2.18. The molecule has 35 heavy (non-hydrogen) atoms. The molecule has 1 aromatic carbocycles. The van der Waals surface area contributed by atoms with E-state index in [9.17, 15) is 4.79 Å². The number of halogens is 1. The van der Waals surface area contributed by atoms with Crippen LogP contribution in [0.25, 0.3) is 0 Å². The van der Waals surface area contributed by atoms with Crippen LogP contribution < -0.4 is 38.7 Å². The lowest BCUT2D eigenvalue weighted by Crippen LogP contribution is -2.40. The Balaban J connectivity index is 1.85. The Morgan fingerprint density at radius 1 is 1.09 bits per heavy atom. The summed E-state index contributed by atoms with van der Waals surface area (Å²) in [5.41, 5.74) is 31.9. The van der Waals surface area contributed by atoms with Crippen LogP contribution in [0.15, 0.2) is 45.2 Å². The Hall–Kier alpha value is -3.24. The number of aryl methyl sites for hydroxylation is 1. The highest BCUT2D eigenvalue weighted by atomic mass is 35.5. The number of hydrogen-bond acceptors (Lipinski definition) is 7. The largest absolute Gasteiger partial charge is 0.493 e. The van der Waals surface area contributed by atoms with Gasteiger partial charge in [0.05, 0.1) is 12.2 Å². The molecule has 2 rings (SSSR count). The SMILES string of the molecule is C=C(C(=O)NC(N)=NCCCCc1ccc(OCCCN)c2c1CCCC2)C(N)=N/C(N)=C(\N)Cl. The zero-order valence-corrected chi connectivity index (χ0v) is 20.9. The third kappa shape index (κ3) is 8.80. The van der Waals surface area contributed by atoms with Gasteiger partial charge in [-0.2, -0.15) is 0 Å². The number of nitrogens with one attached hydrogen (secondary N) is 1. The number of hydrogen-bond donors (Lipinski definition) is 6. The minimum absolute atomic E-state index is 0.0271. The first kappa shape index (κ1) is 28.0. The van der Waals surface area contributed by atoms with E-state index < -0.39 is 5.91 Å². The first-order chi connectivity index (χ1) is 16.7. The predicted octanol–water partition coefficient (Wildman–Crippen LogP) is 1.24. The molecule has 0 unspecified atom stereocenters. The Labute approximate surface area is 211 Å². The van der Waals surface area contributed by atoms with Crippen LogP contribution in [0.4, 0.5) is 0 Å². The van der Waals surface area contributed by atoms with E-state index in [-0.39, 0.29) is 28.3 Å². The second-order valence-electron chi connectivity index (χ2n) is 8.26. The van der Waals surface area contributed by atoms with Crippen molar-refractivity contribution in [1.29, 1.82) is 0 Å². The summed E-state index contributed by atoms with van der Waals surface area (Å²) in [7, 11) is 0. The number of aliphatic imine (C=N–C) groups is 2. The molecule has 1 amide bonds. The Bertz CT molecular complexity index is 999. The summed E-state index contributed by atoms with van der Waals surface area (Å²) in [5.74, 6) is -0.109. The summed E-state index contributed by atoms with van der Waals surface area (Å²) >= 11 is 5.52. The Morgan fingerprint density at radius 2 is 1.80 bits per heavy atom. The van der Waals surface area contributed by atoms with Crippen LogP contribution in [0.5, 0.6) is 5.75 Å². The molecule has 0 saturated heterocycles. The van der Waals surface area contributed by atoms with Crippen molar-refractivity contribution in [1.82, 2.24) is 5.32 Å². The molecule has 11 heteroatoms. The molecule has 0 heterocycles. The topological polar surface area (TPSA) is 193 Å². The van der Waals surface area contributed by atoms with Crippen molar-refractivity contribution >= 4 is 29.3 Å². The first-order valence-corrected chi connectivity index (χ1v) is 12.1. The smallest absolute Gasteiger partial charge is 0.261 e. The van der Waals surface area contributed by atoms with Crippen molar-refractivity contribution in [3.05, 3.63) is 52.0 Å². The monoisotopic (exact) mass is 504 g/mol. The van der Waals surface area contributed by atoms with Gasteiger partial charge in [0, 0.05) is 6.54 Å². The molecule has 1 aliphatic carbocycles. The van der Waals surface area contributed by atoms with E-state index in [4.69, 9.17) is 45.0 Å². The number of ether oxygens (including phenoxy) is 1. The minimum atomic E-state index is -0.645. The number of nitrogens with two attached hydrogens (primary N) is 5. The highest BCUT2D eigenvalue weighted by molar-refractivity contribution is 6.29. The quantitative estimate of drug-likeness (QED) is 0.0809.